The Morgan fingerprint density at radius 3 is 2.26 bits per heavy atom. The topological polar surface area (TPSA) is 104 Å². The summed E-state index contributed by atoms with van der Waals surface area (Å²) in [5.41, 5.74) is 3.50. The van der Waals surface area contributed by atoms with Crippen LogP contribution in [0.1, 0.15) is 29.5 Å². The lowest BCUT2D eigenvalue weighted by atomic mass is 9.97. The molecule has 8 nitrogen and oxygen atoms in total. The number of carbonyl (C=O) groups excluding carboxylic acids is 1. The smallest absolute Gasteiger partial charge is 0.264 e. The van der Waals surface area contributed by atoms with Gasteiger partial charge in [0.05, 0.1) is 15.5 Å². The van der Waals surface area contributed by atoms with Gasteiger partial charge in [-0.2, -0.15) is 4.31 Å². The molecule has 0 spiro atoms. The first-order chi connectivity index (χ1) is 18.5. The molecule has 11 heteroatoms. The molecular formula is C28H30ClN3O5S2. The standard InChI is InChI=1S/C28H30ClN3O5S2/c1-19-3-4-20(2)27(17-19)39(36,37)31-14-11-22(12-15-31)28(33)30-24-8-5-21-13-16-32(26(21)18-24)38(34,35)25-9-6-23(29)7-10-25/h3-10,17-18,22H,11-16H2,1-2H3,(H,30,33). The molecule has 2 heterocycles. The molecule has 1 N–H and O–H groups in total. The minimum Gasteiger partial charge on any atom is -0.326 e. The van der Waals surface area contributed by atoms with Gasteiger partial charge in [-0.15, -0.1) is 0 Å². The number of aryl methyl sites for hydroxylation is 2. The number of sulfonamides is 2. The molecule has 0 aliphatic carbocycles. The number of halogens is 1. The quantitative estimate of drug-likeness (QED) is 0.448. The van der Waals surface area contributed by atoms with E-state index in [1.807, 2.05) is 19.1 Å². The molecule has 2 aliphatic heterocycles. The SMILES string of the molecule is Cc1ccc(C)c(S(=O)(=O)N2CCC(C(=O)Nc3ccc4c(c3)N(S(=O)(=O)c3ccc(Cl)cc3)CC4)CC2)c1. The van der Waals surface area contributed by atoms with Crippen molar-refractivity contribution < 1.29 is 21.6 Å². The molecule has 3 aromatic carbocycles. The van der Waals surface area contributed by atoms with Crippen LogP contribution in [0.2, 0.25) is 5.02 Å². The van der Waals surface area contributed by atoms with Gasteiger partial charge in [0.2, 0.25) is 15.9 Å². The Kier molecular flexibility index (Phi) is 7.49. The zero-order chi connectivity index (χ0) is 27.9. The molecule has 39 heavy (non-hydrogen) atoms. The van der Waals surface area contributed by atoms with Gasteiger partial charge in [-0.1, -0.05) is 29.8 Å². The molecule has 0 atom stereocenters. The van der Waals surface area contributed by atoms with E-state index < -0.39 is 20.0 Å². The van der Waals surface area contributed by atoms with Crippen LogP contribution < -0.4 is 9.62 Å². The Bertz CT molecular complexity index is 1630. The molecule has 1 amide bonds. The average Bonchev–Trinajstić information content (AvgIpc) is 3.34. The number of piperidine rings is 1. The Morgan fingerprint density at radius 1 is 0.872 bits per heavy atom. The van der Waals surface area contributed by atoms with E-state index in [9.17, 15) is 21.6 Å². The average molecular weight is 588 g/mol. The number of hydrogen-bond donors (Lipinski definition) is 1. The zero-order valence-electron chi connectivity index (χ0n) is 21.7. The number of anilines is 2. The van der Waals surface area contributed by atoms with Gasteiger partial charge in [-0.3, -0.25) is 9.10 Å². The highest BCUT2D eigenvalue weighted by Crippen LogP contribution is 2.36. The highest BCUT2D eigenvalue weighted by atomic mass is 35.5. The third-order valence-corrected chi connectivity index (χ3v) is 11.5. The Hall–Kier alpha value is -2.92. The summed E-state index contributed by atoms with van der Waals surface area (Å²) in [5.74, 6) is -0.555. The van der Waals surface area contributed by atoms with Crippen molar-refractivity contribution in [2.24, 2.45) is 5.92 Å². The summed E-state index contributed by atoms with van der Waals surface area (Å²) in [6.07, 6.45) is 1.37. The van der Waals surface area contributed by atoms with Gasteiger partial charge in [-0.25, -0.2) is 16.8 Å². The maximum Gasteiger partial charge on any atom is 0.264 e. The largest absolute Gasteiger partial charge is 0.326 e. The fourth-order valence-corrected chi connectivity index (χ4v) is 8.54. The molecule has 3 aromatic rings. The molecule has 0 radical (unpaired) electrons. The molecule has 206 valence electrons. The van der Waals surface area contributed by atoms with Crippen LogP contribution in [0.15, 0.2) is 70.5 Å². The fourth-order valence-electron chi connectivity index (χ4n) is 5.14. The van der Waals surface area contributed by atoms with Crippen molar-refractivity contribution in [2.75, 3.05) is 29.3 Å². The minimum atomic E-state index is -3.78. The normalized spacial score (nSPS) is 16.7. The first-order valence-corrected chi connectivity index (χ1v) is 16.0. The van der Waals surface area contributed by atoms with Crippen molar-refractivity contribution in [3.63, 3.8) is 0 Å². The van der Waals surface area contributed by atoms with Crippen LogP contribution in [0.5, 0.6) is 0 Å². The second kappa shape index (κ2) is 10.6. The van der Waals surface area contributed by atoms with Gasteiger partial charge in [0.15, 0.2) is 0 Å². The summed E-state index contributed by atoms with van der Waals surface area (Å²) in [6.45, 7) is 4.46. The molecule has 0 saturated carbocycles. The third kappa shape index (κ3) is 5.43. The summed E-state index contributed by atoms with van der Waals surface area (Å²) >= 11 is 5.92. The van der Waals surface area contributed by atoms with E-state index in [4.69, 9.17) is 11.6 Å². The van der Waals surface area contributed by atoms with E-state index in [2.05, 4.69) is 5.32 Å². The Balaban J connectivity index is 1.27. The maximum absolute atomic E-state index is 13.3. The summed E-state index contributed by atoms with van der Waals surface area (Å²) < 4.78 is 55.8. The second-order valence-corrected chi connectivity index (χ2v) is 14.3. The van der Waals surface area contributed by atoms with Crippen LogP contribution in [-0.2, 0) is 31.3 Å². The number of benzene rings is 3. The highest BCUT2D eigenvalue weighted by molar-refractivity contribution is 7.92. The number of rotatable bonds is 6. The van der Waals surface area contributed by atoms with Crippen LogP contribution in [-0.4, -0.2) is 46.7 Å². The van der Waals surface area contributed by atoms with Crippen LogP contribution in [0.3, 0.4) is 0 Å². The van der Waals surface area contributed by atoms with Gasteiger partial charge < -0.3 is 5.32 Å². The van der Waals surface area contributed by atoms with E-state index in [0.29, 0.717) is 52.7 Å². The number of hydrogen-bond acceptors (Lipinski definition) is 5. The lowest BCUT2D eigenvalue weighted by molar-refractivity contribution is -0.120. The van der Waals surface area contributed by atoms with Crippen LogP contribution >= 0.6 is 11.6 Å². The molecular weight excluding hydrogens is 558 g/mol. The number of fused-ring (bicyclic) bond motifs is 1. The molecule has 1 fully saturated rings. The van der Waals surface area contributed by atoms with Crippen molar-refractivity contribution in [3.05, 3.63) is 82.4 Å². The van der Waals surface area contributed by atoms with Crippen LogP contribution in [0.25, 0.3) is 0 Å². The van der Waals surface area contributed by atoms with E-state index in [1.165, 1.54) is 20.7 Å². The molecule has 5 rings (SSSR count). The monoisotopic (exact) mass is 587 g/mol. The number of carbonyl (C=O) groups is 1. The zero-order valence-corrected chi connectivity index (χ0v) is 24.1. The third-order valence-electron chi connectivity index (χ3n) is 7.39. The molecule has 1 saturated heterocycles. The Labute approximate surface area is 234 Å². The van der Waals surface area contributed by atoms with Crippen molar-refractivity contribution in [2.45, 2.75) is 42.9 Å². The summed E-state index contributed by atoms with van der Waals surface area (Å²) in [5, 5.41) is 3.37. The predicted molar refractivity (Wildman–Crippen MR) is 152 cm³/mol. The number of nitrogens with one attached hydrogen (secondary N) is 1. The van der Waals surface area contributed by atoms with Crippen molar-refractivity contribution in [1.82, 2.24) is 4.31 Å². The van der Waals surface area contributed by atoms with Crippen molar-refractivity contribution >= 4 is 48.9 Å². The number of amides is 1. The summed E-state index contributed by atoms with van der Waals surface area (Å²) in [7, 11) is -7.43. The Morgan fingerprint density at radius 2 is 1.56 bits per heavy atom. The van der Waals surface area contributed by atoms with Crippen LogP contribution in [0.4, 0.5) is 11.4 Å². The molecule has 0 aromatic heterocycles. The van der Waals surface area contributed by atoms with E-state index in [-0.39, 0.29) is 29.8 Å². The van der Waals surface area contributed by atoms with Gasteiger partial charge in [0.1, 0.15) is 0 Å². The summed E-state index contributed by atoms with van der Waals surface area (Å²) in [4.78, 5) is 13.6. The van der Waals surface area contributed by atoms with Gasteiger partial charge in [-0.05, 0) is 92.3 Å². The first-order valence-electron chi connectivity index (χ1n) is 12.8. The maximum atomic E-state index is 13.3. The second-order valence-electron chi connectivity index (χ2n) is 10.1. The minimum absolute atomic E-state index is 0.150. The predicted octanol–water partition coefficient (Wildman–Crippen LogP) is 4.75. The molecule has 2 aliphatic rings. The molecule has 0 bridgehead atoms. The van der Waals surface area contributed by atoms with Gasteiger partial charge in [0, 0.05) is 36.3 Å². The highest BCUT2D eigenvalue weighted by Gasteiger charge is 2.34. The summed E-state index contributed by atoms with van der Waals surface area (Å²) in [6, 6.07) is 16.7. The van der Waals surface area contributed by atoms with E-state index in [1.54, 1.807) is 43.3 Å². The van der Waals surface area contributed by atoms with Crippen molar-refractivity contribution in [1.29, 1.82) is 0 Å². The lowest BCUT2D eigenvalue weighted by Gasteiger charge is -2.31. The van der Waals surface area contributed by atoms with E-state index >= 15 is 0 Å². The van der Waals surface area contributed by atoms with Crippen LogP contribution in [0, 0.1) is 19.8 Å². The van der Waals surface area contributed by atoms with Gasteiger partial charge >= 0.3 is 0 Å². The first kappa shape index (κ1) is 27.6. The number of nitrogens with zero attached hydrogens (tertiary/aromatic N) is 2. The van der Waals surface area contributed by atoms with E-state index in [0.717, 1.165) is 11.1 Å². The fraction of sp³-hybridized carbons (Fsp3) is 0.321. The van der Waals surface area contributed by atoms with Crippen molar-refractivity contribution in [3.8, 4) is 0 Å². The molecule has 0 unspecified atom stereocenters. The lowest BCUT2D eigenvalue weighted by Crippen LogP contribution is -2.41. The van der Waals surface area contributed by atoms with Gasteiger partial charge in [0.25, 0.3) is 10.0 Å².